The molecule has 0 aliphatic heterocycles. The van der Waals surface area contributed by atoms with Crippen molar-refractivity contribution >= 4 is 17.2 Å². The number of pyridine rings is 1. The Balaban J connectivity index is 2.21. The molecule has 0 radical (unpaired) electrons. The number of thiocarbonyl (C=S) groups is 1. The standard InChI is InChI=1S/C15H23N3O2S/c1-19-13-7-8-17-12(15(13)20-2)9-18(10-14(16)21)11-5-3-4-6-11/h7-8,11H,3-6,9-10H2,1-2H3,(H2,16,21). The summed E-state index contributed by atoms with van der Waals surface area (Å²) < 4.78 is 10.8. The normalized spacial score (nSPS) is 15.4. The van der Waals surface area contributed by atoms with E-state index in [0.29, 0.717) is 35.6 Å². The number of hydrogen-bond donors (Lipinski definition) is 1. The Morgan fingerprint density at radius 3 is 2.67 bits per heavy atom. The van der Waals surface area contributed by atoms with Gasteiger partial charge in [0.25, 0.3) is 0 Å². The van der Waals surface area contributed by atoms with Crippen molar-refractivity contribution < 1.29 is 9.47 Å². The van der Waals surface area contributed by atoms with Crippen LogP contribution in [0.1, 0.15) is 31.4 Å². The number of nitrogens with two attached hydrogens (primary N) is 1. The highest BCUT2D eigenvalue weighted by atomic mass is 32.1. The van der Waals surface area contributed by atoms with Gasteiger partial charge in [-0.2, -0.15) is 0 Å². The lowest BCUT2D eigenvalue weighted by Gasteiger charge is -2.28. The molecular weight excluding hydrogens is 286 g/mol. The van der Waals surface area contributed by atoms with Gasteiger partial charge in [0.2, 0.25) is 0 Å². The van der Waals surface area contributed by atoms with Crippen molar-refractivity contribution in [3.8, 4) is 11.5 Å². The number of methoxy groups -OCH3 is 2. The number of nitrogens with zero attached hydrogens (tertiary/aromatic N) is 2. The summed E-state index contributed by atoms with van der Waals surface area (Å²) in [5, 5.41) is 0. The second-order valence-corrected chi connectivity index (χ2v) is 5.83. The first-order valence-corrected chi connectivity index (χ1v) is 7.64. The van der Waals surface area contributed by atoms with Crippen LogP contribution in [0.5, 0.6) is 11.5 Å². The van der Waals surface area contributed by atoms with Crippen LogP contribution in [0.3, 0.4) is 0 Å². The van der Waals surface area contributed by atoms with Crippen molar-refractivity contribution in [3.63, 3.8) is 0 Å². The third-order valence-electron chi connectivity index (χ3n) is 3.92. The summed E-state index contributed by atoms with van der Waals surface area (Å²) in [6, 6.07) is 2.32. The Morgan fingerprint density at radius 2 is 2.10 bits per heavy atom. The maximum Gasteiger partial charge on any atom is 0.183 e. The molecule has 1 aromatic rings. The van der Waals surface area contributed by atoms with Crippen LogP contribution in [0, 0.1) is 0 Å². The molecule has 0 saturated heterocycles. The Labute approximate surface area is 131 Å². The van der Waals surface area contributed by atoms with Gasteiger partial charge in [0.15, 0.2) is 11.5 Å². The quantitative estimate of drug-likeness (QED) is 0.779. The van der Waals surface area contributed by atoms with E-state index in [1.807, 2.05) is 0 Å². The highest BCUT2D eigenvalue weighted by Gasteiger charge is 2.25. The van der Waals surface area contributed by atoms with Crippen LogP contribution in [-0.4, -0.2) is 41.7 Å². The van der Waals surface area contributed by atoms with E-state index in [-0.39, 0.29) is 0 Å². The minimum Gasteiger partial charge on any atom is -0.493 e. The third kappa shape index (κ3) is 4.04. The molecule has 1 aliphatic rings. The smallest absolute Gasteiger partial charge is 0.183 e. The predicted octanol–water partition coefficient (Wildman–Crippen LogP) is 2.13. The monoisotopic (exact) mass is 309 g/mol. The fourth-order valence-electron chi connectivity index (χ4n) is 2.94. The molecular formula is C15H23N3O2S. The molecule has 0 aromatic carbocycles. The summed E-state index contributed by atoms with van der Waals surface area (Å²) in [6.07, 6.45) is 6.65. The zero-order valence-electron chi connectivity index (χ0n) is 12.7. The maximum absolute atomic E-state index is 5.75. The molecule has 21 heavy (non-hydrogen) atoms. The van der Waals surface area contributed by atoms with Gasteiger partial charge < -0.3 is 15.2 Å². The minimum atomic E-state index is 0.517. The van der Waals surface area contributed by atoms with E-state index in [2.05, 4.69) is 9.88 Å². The number of hydrogen-bond acceptors (Lipinski definition) is 5. The van der Waals surface area contributed by atoms with Crippen molar-refractivity contribution in [2.45, 2.75) is 38.3 Å². The first-order valence-electron chi connectivity index (χ1n) is 7.24. The van der Waals surface area contributed by atoms with E-state index >= 15 is 0 Å². The minimum absolute atomic E-state index is 0.517. The lowest BCUT2D eigenvalue weighted by molar-refractivity contribution is 0.212. The highest BCUT2D eigenvalue weighted by molar-refractivity contribution is 7.80. The van der Waals surface area contributed by atoms with Gasteiger partial charge in [0, 0.05) is 31.4 Å². The molecule has 1 aliphatic carbocycles. The van der Waals surface area contributed by atoms with Crippen molar-refractivity contribution in [2.75, 3.05) is 20.8 Å². The van der Waals surface area contributed by atoms with Gasteiger partial charge in [-0.05, 0) is 12.8 Å². The van der Waals surface area contributed by atoms with Gasteiger partial charge in [0.05, 0.1) is 19.2 Å². The van der Waals surface area contributed by atoms with Crippen molar-refractivity contribution in [2.24, 2.45) is 5.73 Å². The average Bonchev–Trinajstić information content (AvgIpc) is 3.00. The van der Waals surface area contributed by atoms with Crippen LogP contribution < -0.4 is 15.2 Å². The van der Waals surface area contributed by atoms with Crippen molar-refractivity contribution in [3.05, 3.63) is 18.0 Å². The van der Waals surface area contributed by atoms with Gasteiger partial charge in [-0.15, -0.1) is 0 Å². The fraction of sp³-hybridized carbons (Fsp3) is 0.600. The van der Waals surface area contributed by atoms with Gasteiger partial charge >= 0.3 is 0 Å². The summed E-state index contributed by atoms with van der Waals surface area (Å²) in [5.74, 6) is 1.38. The highest BCUT2D eigenvalue weighted by Crippen LogP contribution is 2.31. The first kappa shape index (κ1) is 16.0. The molecule has 2 N–H and O–H groups in total. The molecule has 2 rings (SSSR count). The predicted molar refractivity (Wildman–Crippen MR) is 86.8 cm³/mol. The largest absolute Gasteiger partial charge is 0.493 e. The molecule has 116 valence electrons. The van der Waals surface area contributed by atoms with Crippen LogP contribution >= 0.6 is 12.2 Å². The SMILES string of the molecule is COc1ccnc(CN(CC(N)=S)C2CCCC2)c1OC. The van der Waals surface area contributed by atoms with Crippen LogP contribution in [0.15, 0.2) is 12.3 Å². The van der Waals surface area contributed by atoms with Crippen LogP contribution in [0.4, 0.5) is 0 Å². The van der Waals surface area contributed by atoms with E-state index in [0.717, 1.165) is 5.69 Å². The van der Waals surface area contributed by atoms with Crippen LogP contribution in [-0.2, 0) is 6.54 Å². The summed E-state index contributed by atoms with van der Waals surface area (Å²) in [6.45, 7) is 1.28. The summed E-state index contributed by atoms with van der Waals surface area (Å²) >= 11 is 5.09. The molecule has 0 unspecified atom stereocenters. The van der Waals surface area contributed by atoms with Gasteiger partial charge in [-0.1, -0.05) is 25.1 Å². The first-order chi connectivity index (χ1) is 10.2. The van der Waals surface area contributed by atoms with Crippen molar-refractivity contribution in [1.82, 2.24) is 9.88 Å². The van der Waals surface area contributed by atoms with Gasteiger partial charge in [0.1, 0.15) is 5.69 Å². The molecule has 5 nitrogen and oxygen atoms in total. The van der Waals surface area contributed by atoms with Gasteiger partial charge in [-0.3, -0.25) is 9.88 Å². The van der Waals surface area contributed by atoms with Crippen LogP contribution in [0.2, 0.25) is 0 Å². The van der Waals surface area contributed by atoms with Gasteiger partial charge in [-0.25, -0.2) is 0 Å². The molecule has 0 spiro atoms. The Kier molecular flexibility index (Phi) is 5.76. The molecule has 0 bridgehead atoms. The maximum atomic E-state index is 5.75. The topological polar surface area (TPSA) is 60.6 Å². The third-order valence-corrected chi connectivity index (χ3v) is 4.05. The van der Waals surface area contributed by atoms with Crippen LogP contribution in [0.25, 0.3) is 0 Å². The van der Waals surface area contributed by atoms with E-state index < -0.39 is 0 Å². The number of aromatic nitrogens is 1. The molecule has 1 aromatic heterocycles. The fourth-order valence-corrected chi connectivity index (χ4v) is 3.11. The zero-order chi connectivity index (χ0) is 15.2. The molecule has 1 fully saturated rings. The van der Waals surface area contributed by atoms with Crippen molar-refractivity contribution in [1.29, 1.82) is 0 Å². The molecule has 6 heteroatoms. The van der Waals surface area contributed by atoms with E-state index in [1.165, 1.54) is 25.7 Å². The lowest BCUT2D eigenvalue weighted by Crippen LogP contribution is -2.39. The van der Waals surface area contributed by atoms with E-state index in [9.17, 15) is 0 Å². The Bertz CT molecular complexity index is 490. The molecule has 1 saturated carbocycles. The molecule has 0 amide bonds. The van der Waals surface area contributed by atoms with E-state index in [4.69, 9.17) is 27.4 Å². The Hall–Kier alpha value is -1.40. The van der Waals surface area contributed by atoms with E-state index in [1.54, 1.807) is 26.5 Å². The molecule has 1 heterocycles. The second kappa shape index (κ2) is 7.56. The zero-order valence-corrected chi connectivity index (χ0v) is 13.5. The summed E-state index contributed by atoms with van der Waals surface area (Å²) in [7, 11) is 3.27. The summed E-state index contributed by atoms with van der Waals surface area (Å²) in [4.78, 5) is 7.27. The summed E-state index contributed by atoms with van der Waals surface area (Å²) in [5.41, 5.74) is 6.62. The lowest BCUT2D eigenvalue weighted by atomic mass is 10.2. The number of rotatable bonds is 7. The number of ether oxygens (including phenoxy) is 2. The average molecular weight is 309 g/mol. The second-order valence-electron chi connectivity index (χ2n) is 5.30. The molecule has 0 atom stereocenters. The Morgan fingerprint density at radius 1 is 1.38 bits per heavy atom.